The van der Waals surface area contributed by atoms with Crippen molar-refractivity contribution >= 4 is 11.9 Å². The molecule has 0 aliphatic carbocycles. The number of aliphatic hydroxyl groups excluding tert-OH is 1. The van der Waals surface area contributed by atoms with E-state index in [0.717, 1.165) is 38.0 Å². The summed E-state index contributed by atoms with van der Waals surface area (Å²) in [6, 6.07) is 0. The van der Waals surface area contributed by atoms with E-state index in [2.05, 4.69) is 20.8 Å². The number of esters is 2. The Hall–Kier alpha value is -1.10. The van der Waals surface area contributed by atoms with Crippen LogP contribution in [0.1, 0.15) is 188 Å². The Bertz CT molecular complexity index is 548. The number of hydrogen-bond donors (Lipinski definition) is 1. The summed E-state index contributed by atoms with van der Waals surface area (Å²) in [5, 5.41) is 9.50. The molecule has 40 heavy (non-hydrogen) atoms. The summed E-state index contributed by atoms with van der Waals surface area (Å²) >= 11 is 0. The van der Waals surface area contributed by atoms with Crippen LogP contribution in [0, 0.1) is 5.92 Å². The number of carbonyl (C=O) groups is 2. The highest BCUT2D eigenvalue weighted by molar-refractivity contribution is 5.70. The maximum Gasteiger partial charge on any atom is 0.306 e. The molecule has 238 valence electrons. The van der Waals surface area contributed by atoms with Gasteiger partial charge >= 0.3 is 11.9 Å². The van der Waals surface area contributed by atoms with Crippen LogP contribution in [-0.2, 0) is 19.1 Å². The van der Waals surface area contributed by atoms with Gasteiger partial charge in [-0.2, -0.15) is 0 Å². The molecule has 0 amide bonds. The molecule has 5 nitrogen and oxygen atoms in total. The van der Waals surface area contributed by atoms with Crippen molar-refractivity contribution in [1.29, 1.82) is 0 Å². The Morgan fingerprint density at radius 3 is 1.32 bits per heavy atom. The van der Waals surface area contributed by atoms with Crippen molar-refractivity contribution in [2.45, 2.75) is 194 Å². The molecule has 0 saturated heterocycles. The minimum Gasteiger partial charge on any atom is -0.462 e. The number of unbranched alkanes of at least 4 members (excludes halogenated alkanes) is 21. The van der Waals surface area contributed by atoms with Gasteiger partial charge in [-0.25, -0.2) is 0 Å². The molecule has 0 heterocycles. The number of hydrogen-bond acceptors (Lipinski definition) is 5. The van der Waals surface area contributed by atoms with E-state index in [0.29, 0.717) is 12.8 Å². The lowest BCUT2D eigenvalue weighted by Gasteiger charge is -2.15. The van der Waals surface area contributed by atoms with Crippen molar-refractivity contribution in [2.75, 3.05) is 13.2 Å². The van der Waals surface area contributed by atoms with E-state index in [4.69, 9.17) is 9.47 Å². The molecule has 5 heteroatoms. The summed E-state index contributed by atoms with van der Waals surface area (Å²) in [5.74, 6) is 0.235. The Kier molecular flexibility index (Phi) is 30.0. The summed E-state index contributed by atoms with van der Waals surface area (Å²) in [6.07, 6.45) is 30.1. The number of aliphatic hydroxyl groups is 1. The summed E-state index contributed by atoms with van der Waals surface area (Å²) in [4.78, 5) is 24.1. The van der Waals surface area contributed by atoms with Gasteiger partial charge in [0.25, 0.3) is 0 Å². The smallest absolute Gasteiger partial charge is 0.306 e. The maximum absolute atomic E-state index is 12.1. The summed E-state index contributed by atoms with van der Waals surface area (Å²) in [7, 11) is 0. The second-order valence-corrected chi connectivity index (χ2v) is 12.4. The fourth-order valence-corrected chi connectivity index (χ4v) is 5.15. The first-order valence-electron chi connectivity index (χ1n) is 17.5. The highest BCUT2D eigenvalue weighted by Gasteiger charge is 2.16. The fraction of sp³-hybridized carbons (Fsp3) is 0.943. The van der Waals surface area contributed by atoms with Crippen LogP contribution in [0.15, 0.2) is 0 Å². The van der Waals surface area contributed by atoms with Crippen molar-refractivity contribution in [3.05, 3.63) is 0 Å². The Labute approximate surface area is 248 Å². The molecule has 1 atom stereocenters. The lowest BCUT2D eigenvalue weighted by Crippen LogP contribution is -2.28. The number of carbonyl (C=O) groups excluding carboxylic acids is 2. The molecule has 0 aromatic carbocycles. The quantitative estimate of drug-likeness (QED) is 0.0665. The monoisotopic (exact) mass is 569 g/mol. The minimum absolute atomic E-state index is 0.0587. The van der Waals surface area contributed by atoms with Crippen molar-refractivity contribution in [3.8, 4) is 0 Å². The zero-order chi connectivity index (χ0) is 29.5. The van der Waals surface area contributed by atoms with Gasteiger partial charge in [0.2, 0.25) is 0 Å². The van der Waals surface area contributed by atoms with Crippen molar-refractivity contribution in [1.82, 2.24) is 0 Å². The lowest BCUT2D eigenvalue weighted by atomic mass is 10.0. The molecule has 0 radical (unpaired) electrons. The normalized spacial score (nSPS) is 12.1. The number of rotatable bonds is 31. The predicted molar refractivity (Wildman–Crippen MR) is 168 cm³/mol. The molecule has 0 unspecified atom stereocenters. The molecule has 0 saturated carbocycles. The molecule has 1 N–H and O–H groups in total. The molecule has 0 aliphatic heterocycles. The van der Waals surface area contributed by atoms with E-state index in [1.807, 2.05) is 0 Å². The lowest BCUT2D eigenvalue weighted by molar-refractivity contribution is -0.161. The first-order valence-corrected chi connectivity index (χ1v) is 17.5. The van der Waals surface area contributed by atoms with Crippen molar-refractivity contribution in [2.24, 2.45) is 5.92 Å². The standard InChI is InChI=1S/C35H68O5/c1-4-5-6-7-8-9-10-11-12-13-16-19-22-25-28-34(37)39-31-33(30-36)40-35(38)29-26-23-20-17-14-15-18-21-24-27-32(2)3/h32-33,36H,4-31H2,1-3H3/t33-/m0/s1. The second-order valence-electron chi connectivity index (χ2n) is 12.4. The van der Waals surface area contributed by atoms with Gasteiger partial charge in [-0.15, -0.1) is 0 Å². The van der Waals surface area contributed by atoms with Crippen LogP contribution in [0.5, 0.6) is 0 Å². The van der Waals surface area contributed by atoms with Gasteiger partial charge in [0.15, 0.2) is 6.10 Å². The molecule has 0 bridgehead atoms. The average Bonchev–Trinajstić information content (AvgIpc) is 2.93. The van der Waals surface area contributed by atoms with Crippen LogP contribution in [0.3, 0.4) is 0 Å². The van der Waals surface area contributed by atoms with E-state index in [9.17, 15) is 14.7 Å². The predicted octanol–water partition coefficient (Wildman–Crippen LogP) is 10.3. The van der Waals surface area contributed by atoms with Crippen LogP contribution in [-0.4, -0.2) is 36.4 Å². The molecule has 0 fully saturated rings. The van der Waals surface area contributed by atoms with Gasteiger partial charge in [0.05, 0.1) is 6.61 Å². The average molecular weight is 569 g/mol. The van der Waals surface area contributed by atoms with E-state index in [1.165, 1.54) is 122 Å². The van der Waals surface area contributed by atoms with Gasteiger partial charge in [-0.05, 0) is 18.8 Å². The molecular weight excluding hydrogens is 500 g/mol. The van der Waals surface area contributed by atoms with Crippen LogP contribution < -0.4 is 0 Å². The molecule has 0 aromatic rings. The van der Waals surface area contributed by atoms with Gasteiger partial charge < -0.3 is 14.6 Å². The molecule has 0 rings (SSSR count). The highest BCUT2D eigenvalue weighted by atomic mass is 16.6. The third kappa shape index (κ3) is 29.9. The summed E-state index contributed by atoms with van der Waals surface area (Å²) < 4.78 is 10.6. The van der Waals surface area contributed by atoms with E-state index in [-0.39, 0.29) is 25.2 Å². The van der Waals surface area contributed by atoms with E-state index in [1.54, 1.807) is 0 Å². The molecule has 0 spiro atoms. The van der Waals surface area contributed by atoms with Crippen LogP contribution in [0.25, 0.3) is 0 Å². The van der Waals surface area contributed by atoms with Gasteiger partial charge in [-0.3, -0.25) is 9.59 Å². The minimum atomic E-state index is -0.761. The summed E-state index contributed by atoms with van der Waals surface area (Å²) in [6.45, 7) is 6.46. The van der Waals surface area contributed by atoms with Gasteiger partial charge in [0, 0.05) is 12.8 Å². The topological polar surface area (TPSA) is 72.8 Å². The fourth-order valence-electron chi connectivity index (χ4n) is 5.15. The van der Waals surface area contributed by atoms with Crippen LogP contribution >= 0.6 is 0 Å². The largest absolute Gasteiger partial charge is 0.462 e. The number of ether oxygens (including phenoxy) is 2. The zero-order valence-corrected chi connectivity index (χ0v) is 27.0. The van der Waals surface area contributed by atoms with E-state index >= 15 is 0 Å². The zero-order valence-electron chi connectivity index (χ0n) is 27.0. The third-order valence-corrected chi connectivity index (χ3v) is 7.83. The second kappa shape index (κ2) is 30.8. The summed E-state index contributed by atoms with van der Waals surface area (Å²) in [5.41, 5.74) is 0. The third-order valence-electron chi connectivity index (χ3n) is 7.83. The molecule has 0 aliphatic rings. The van der Waals surface area contributed by atoms with E-state index < -0.39 is 6.10 Å². The molecular formula is C35H68O5. The molecule has 0 aromatic heterocycles. The van der Waals surface area contributed by atoms with Gasteiger partial charge in [-0.1, -0.05) is 162 Å². The van der Waals surface area contributed by atoms with Crippen molar-refractivity contribution < 1.29 is 24.2 Å². The first-order chi connectivity index (χ1) is 19.5. The first kappa shape index (κ1) is 38.9. The van der Waals surface area contributed by atoms with Gasteiger partial charge in [0.1, 0.15) is 6.61 Å². The highest BCUT2D eigenvalue weighted by Crippen LogP contribution is 2.15. The van der Waals surface area contributed by atoms with Crippen molar-refractivity contribution in [3.63, 3.8) is 0 Å². The Balaban J connectivity index is 3.53. The maximum atomic E-state index is 12.1. The van der Waals surface area contributed by atoms with Crippen LogP contribution in [0.2, 0.25) is 0 Å². The Morgan fingerprint density at radius 1 is 0.550 bits per heavy atom. The van der Waals surface area contributed by atoms with Crippen LogP contribution in [0.4, 0.5) is 0 Å². The Morgan fingerprint density at radius 2 is 0.925 bits per heavy atom. The SMILES string of the molecule is CCCCCCCCCCCCCCCCC(=O)OC[C@H](CO)OC(=O)CCCCCCCCCCCC(C)C.